The summed E-state index contributed by atoms with van der Waals surface area (Å²) in [7, 11) is 0. The van der Waals surface area contributed by atoms with E-state index in [2.05, 4.69) is 47.6 Å². The number of benzene rings is 2. The Balaban J connectivity index is 1.27. The highest BCUT2D eigenvalue weighted by molar-refractivity contribution is 5.86. The number of nitrogens with zero attached hydrogens (tertiary/aromatic N) is 2. The number of ether oxygens (including phenoxy) is 1. The first-order valence-corrected chi connectivity index (χ1v) is 11.2. The number of carbonyl (C=O) groups excluding carboxylic acids is 1. The van der Waals surface area contributed by atoms with Crippen LogP contribution in [0.15, 0.2) is 71.3 Å². The summed E-state index contributed by atoms with van der Waals surface area (Å²) in [6, 6.07) is 18.4. The van der Waals surface area contributed by atoms with Crippen LogP contribution in [0, 0.1) is 0 Å². The van der Waals surface area contributed by atoms with E-state index in [1.54, 1.807) is 0 Å². The minimum atomic E-state index is -0.0736. The normalized spacial score (nSPS) is 18.4. The Bertz CT molecular complexity index is 935. The number of anilines is 1. The fourth-order valence-corrected chi connectivity index (χ4v) is 4.22. The van der Waals surface area contributed by atoms with E-state index in [-0.39, 0.29) is 18.6 Å². The maximum absolute atomic E-state index is 12.1. The molecule has 5 heteroatoms. The molecule has 2 aromatic carbocycles. The summed E-state index contributed by atoms with van der Waals surface area (Å²) in [5.41, 5.74) is 4.86. The first-order valence-electron chi connectivity index (χ1n) is 11.2. The van der Waals surface area contributed by atoms with Crippen molar-refractivity contribution in [2.24, 2.45) is 5.10 Å². The average Bonchev–Trinajstić information content (AvgIpc) is 3.21. The lowest BCUT2D eigenvalue weighted by Gasteiger charge is -2.24. The summed E-state index contributed by atoms with van der Waals surface area (Å²) in [6.07, 6.45) is 9.08. The third kappa shape index (κ3) is 5.75. The van der Waals surface area contributed by atoms with Gasteiger partial charge in [-0.3, -0.25) is 9.80 Å². The predicted octanol–water partition coefficient (Wildman–Crippen LogP) is 5.40. The fraction of sp³-hybridized carbons (Fsp3) is 0.385. The summed E-state index contributed by atoms with van der Waals surface area (Å²) in [4.78, 5) is 12.1. The fourth-order valence-electron chi connectivity index (χ4n) is 4.22. The SMILES string of the molecule is CC1=NN(c2ccccc2)[C@@H](c2ccc(OCC(=O)NCCC3=CCCCC3)cc2)C1. The molecule has 0 bridgehead atoms. The van der Waals surface area contributed by atoms with Crippen LogP contribution in [-0.4, -0.2) is 24.8 Å². The zero-order valence-corrected chi connectivity index (χ0v) is 18.2. The van der Waals surface area contributed by atoms with Gasteiger partial charge in [-0.25, -0.2) is 0 Å². The molecule has 0 saturated carbocycles. The highest BCUT2D eigenvalue weighted by atomic mass is 16.5. The number of rotatable bonds is 8. The molecule has 1 amide bonds. The molecule has 1 aliphatic carbocycles. The molecule has 2 aliphatic rings. The van der Waals surface area contributed by atoms with Gasteiger partial charge in [0.1, 0.15) is 5.75 Å². The van der Waals surface area contributed by atoms with Gasteiger partial charge in [-0.1, -0.05) is 42.0 Å². The van der Waals surface area contributed by atoms with E-state index in [9.17, 15) is 4.79 Å². The quantitative estimate of drug-likeness (QED) is 0.585. The van der Waals surface area contributed by atoms with Crippen LogP contribution < -0.4 is 15.1 Å². The number of hydrazone groups is 1. The number of amides is 1. The number of allylic oxidation sites excluding steroid dienone is 1. The molecule has 1 atom stereocenters. The van der Waals surface area contributed by atoms with Gasteiger partial charge >= 0.3 is 0 Å². The minimum Gasteiger partial charge on any atom is -0.484 e. The zero-order valence-electron chi connectivity index (χ0n) is 18.2. The molecule has 4 rings (SSSR count). The highest BCUT2D eigenvalue weighted by Crippen LogP contribution is 2.35. The first kappa shape index (κ1) is 21.2. The van der Waals surface area contributed by atoms with E-state index in [0.717, 1.165) is 24.2 Å². The van der Waals surface area contributed by atoms with Gasteiger partial charge in [0.2, 0.25) is 0 Å². The van der Waals surface area contributed by atoms with Crippen molar-refractivity contribution in [2.45, 2.75) is 51.5 Å². The van der Waals surface area contributed by atoms with E-state index in [1.807, 2.05) is 30.3 Å². The zero-order chi connectivity index (χ0) is 21.5. The van der Waals surface area contributed by atoms with E-state index in [4.69, 9.17) is 9.84 Å². The Kier molecular flexibility index (Phi) is 7.03. The van der Waals surface area contributed by atoms with Crippen molar-refractivity contribution in [3.63, 3.8) is 0 Å². The Labute approximate surface area is 184 Å². The molecule has 0 fully saturated rings. The van der Waals surface area contributed by atoms with Crippen molar-refractivity contribution < 1.29 is 9.53 Å². The van der Waals surface area contributed by atoms with Crippen molar-refractivity contribution >= 4 is 17.3 Å². The van der Waals surface area contributed by atoms with Crippen molar-refractivity contribution in [1.29, 1.82) is 0 Å². The van der Waals surface area contributed by atoms with Crippen molar-refractivity contribution in [2.75, 3.05) is 18.2 Å². The maximum Gasteiger partial charge on any atom is 0.257 e. The summed E-state index contributed by atoms with van der Waals surface area (Å²) < 4.78 is 5.69. The van der Waals surface area contributed by atoms with Crippen LogP contribution in [0.1, 0.15) is 57.1 Å². The van der Waals surface area contributed by atoms with Gasteiger partial charge in [0.05, 0.1) is 11.7 Å². The molecule has 1 N–H and O–H groups in total. The number of carbonyl (C=O) groups is 1. The van der Waals surface area contributed by atoms with Crippen molar-refractivity contribution in [3.8, 4) is 5.75 Å². The minimum absolute atomic E-state index is 0.0418. The lowest BCUT2D eigenvalue weighted by atomic mass is 9.97. The Morgan fingerprint density at radius 1 is 1.13 bits per heavy atom. The lowest BCUT2D eigenvalue weighted by molar-refractivity contribution is -0.123. The van der Waals surface area contributed by atoms with Gasteiger partial charge in [0.15, 0.2) is 6.61 Å². The summed E-state index contributed by atoms with van der Waals surface area (Å²) in [5.74, 6) is 0.631. The van der Waals surface area contributed by atoms with Crippen LogP contribution in [0.5, 0.6) is 5.75 Å². The molecular weight excluding hydrogens is 386 g/mol. The van der Waals surface area contributed by atoms with Crippen LogP contribution in [-0.2, 0) is 4.79 Å². The Hall–Kier alpha value is -3.08. The monoisotopic (exact) mass is 417 g/mol. The first-order chi connectivity index (χ1) is 15.2. The third-order valence-electron chi connectivity index (χ3n) is 5.87. The largest absolute Gasteiger partial charge is 0.484 e. The van der Waals surface area contributed by atoms with Crippen LogP contribution in [0.25, 0.3) is 0 Å². The molecule has 0 radical (unpaired) electrons. The molecule has 2 aromatic rings. The summed E-state index contributed by atoms with van der Waals surface area (Å²) in [6.45, 7) is 2.79. The molecule has 0 saturated heterocycles. The van der Waals surface area contributed by atoms with Gasteiger partial charge in [0, 0.05) is 18.7 Å². The third-order valence-corrected chi connectivity index (χ3v) is 5.87. The van der Waals surface area contributed by atoms with Gasteiger partial charge in [0.25, 0.3) is 5.91 Å². The summed E-state index contributed by atoms with van der Waals surface area (Å²) in [5, 5.41) is 9.76. The molecule has 0 unspecified atom stereocenters. The van der Waals surface area contributed by atoms with Gasteiger partial charge in [-0.15, -0.1) is 0 Å². The molecule has 0 aromatic heterocycles. The van der Waals surface area contributed by atoms with Crippen LogP contribution >= 0.6 is 0 Å². The predicted molar refractivity (Wildman–Crippen MR) is 126 cm³/mol. The standard InChI is InChI=1S/C26H31N3O2/c1-20-18-25(29(28-20)23-10-6-3-7-11-23)22-12-14-24(15-13-22)31-19-26(30)27-17-16-21-8-4-2-5-9-21/h3,6-8,10-15,25H,2,4-5,9,16-19H2,1H3,(H,27,30)/t25-/m1/s1. The molecule has 31 heavy (non-hydrogen) atoms. The van der Waals surface area contributed by atoms with Crippen molar-refractivity contribution in [3.05, 3.63) is 71.8 Å². The molecule has 1 heterocycles. The number of nitrogens with one attached hydrogen (secondary N) is 1. The molecule has 162 valence electrons. The topological polar surface area (TPSA) is 53.9 Å². The van der Waals surface area contributed by atoms with Gasteiger partial charge in [-0.2, -0.15) is 5.10 Å². The number of hydrogen-bond donors (Lipinski definition) is 1. The second-order valence-electron chi connectivity index (χ2n) is 8.30. The molecule has 5 nitrogen and oxygen atoms in total. The maximum atomic E-state index is 12.1. The van der Waals surface area contributed by atoms with Crippen LogP contribution in [0.3, 0.4) is 0 Å². The summed E-state index contributed by atoms with van der Waals surface area (Å²) >= 11 is 0. The second kappa shape index (κ2) is 10.3. The van der Waals surface area contributed by atoms with E-state index in [0.29, 0.717) is 12.3 Å². The average molecular weight is 418 g/mol. The molecule has 0 spiro atoms. The number of para-hydroxylation sites is 1. The van der Waals surface area contributed by atoms with E-state index < -0.39 is 0 Å². The van der Waals surface area contributed by atoms with E-state index in [1.165, 1.54) is 36.8 Å². The smallest absolute Gasteiger partial charge is 0.257 e. The van der Waals surface area contributed by atoms with Crippen LogP contribution in [0.4, 0.5) is 5.69 Å². The number of hydrogen-bond acceptors (Lipinski definition) is 4. The molecular formula is C26H31N3O2. The van der Waals surface area contributed by atoms with Gasteiger partial charge < -0.3 is 10.1 Å². The molecule has 1 aliphatic heterocycles. The van der Waals surface area contributed by atoms with Gasteiger partial charge in [-0.05, 0) is 68.9 Å². The Morgan fingerprint density at radius 3 is 2.68 bits per heavy atom. The Morgan fingerprint density at radius 2 is 1.94 bits per heavy atom. The lowest BCUT2D eigenvalue weighted by Crippen LogP contribution is -2.30. The highest BCUT2D eigenvalue weighted by Gasteiger charge is 2.27. The van der Waals surface area contributed by atoms with Crippen LogP contribution in [0.2, 0.25) is 0 Å². The second-order valence-corrected chi connectivity index (χ2v) is 8.30. The van der Waals surface area contributed by atoms with E-state index >= 15 is 0 Å². The van der Waals surface area contributed by atoms with Crippen molar-refractivity contribution in [1.82, 2.24) is 5.32 Å².